The number of hydrogen-bond acceptors (Lipinski definition) is 1. The highest BCUT2D eigenvalue weighted by molar-refractivity contribution is 5.27. The molecule has 76 valence electrons. The van der Waals surface area contributed by atoms with Gasteiger partial charge in [0.15, 0.2) is 0 Å². The molecule has 1 saturated heterocycles. The summed E-state index contributed by atoms with van der Waals surface area (Å²) in [5.74, 6) is 0.313. The summed E-state index contributed by atoms with van der Waals surface area (Å²) in [6.45, 7) is 4.00. The Kier molecular flexibility index (Phi) is 2.82. The molecule has 1 N–H and O–H groups in total. The molecule has 2 heteroatoms. The van der Waals surface area contributed by atoms with E-state index in [0.717, 1.165) is 37.1 Å². The predicted molar refractivity (Wildman–Crippen MR) is 56.0 cm³/mol. The first-order valence-corrected chi connectivity index (χ1v) is 5.24. The number of benzene rings is 1. The van der Waals surface area contributed by atoms with E-state index < -0.39 is 0 Å². The van der Waals surface area contributed by atoms with E-state index in [0.29, 0.717) is 5.92 Å². The molecule has 1 aromatic carbocycles. The molecule has 0 bridgehead atoms. The fraction of sp³-hybridized carbons (Fsp3) is 0.500. The molecular weight excluding hydrogens is 177 g/mol. The molecular formula is C12H16FN. The van der Waals surface area contributed by atoms with Crippen molar-refractivity contribution < 1.29 is 4.39 Å². The first-order valence-electron chi connectivity index (χ1n) is 5.24. The number of hydrogen-bond donors (Lipinski definition) is 1. The Labute approximate surface area is 84.3 Å². The van der Waals surface area contributed by atoms with Crippen molar-refractivity contribution in [3.63, 3.8) is 0 Å². The maximum Gasteiger partial charge on any atom is 0.126 e. The van der Waals surface area contributed by atoms with Crippen molar-refractivity contribution in [2.24, 2.45) is 0 Å². The summed E-state index contributed by atoms with van der Waals surface area (Å²) in [7, 11) is 0. The van der Waals surface area contributed by atoms with E-state index in [1.165, 1.54) is 0 Å². The van der Waals surface area contributed by atoms with Gasteiger partial charge in [0.2, 0.25) is 0 Å². The van der Waals surface area contributed by atoms with Crippen molar-refractivity contribution in [3.05, 3.63) is 35.1 Å². The summed E-state index contributed by atoms with van der Waals surface area (Å²) in [4.78, 5) is 0. The molecule has 1 aliphatic heterocycles. The molecule has 2 rings (SSSR count). The van der Waals surface area contributed by atoms with Gasteiger partial charge in [0, 0.05) is 6.54 Å². The molecule has 0 amide bonds. The van der Waals surface area contributed by atoms with Crippen LogP contribution < -0.4 is 5.32 Å². The minimum Gasteiger partial charge on any atom is -0.316 e. The minimum absolute atomic E-state index is 0.0516. The Balaban J connectivity index is 2.24. The largest absolute Gasteiger partial charge is 0.316 e. The van der Waals surface area contributed by atoms with E-state index in [2.05, 4.69) is 5.32 Å². The quantitative estimate of drug-likeness (QED) is 0.723. The Bertz CT molecular complexity index is 316. The molecule has 14 heavy (non-hydrogen) atoms. The van der Waals surface area contributed by atoms with Crippen molar-refractivity contribution in [2.45, 2.75) is 25.7 Å². The lowest BCUT2D eigenvalue weighted by Gasteiger charge is -2.23. The van der Waals surface area contributed by atoms with Crippen molar-refractivity contribution >= 4 is 0 Å². The summed E-state index contributed by atoms with van der Waals surface area (Å²) in [5.41, 5.74) is 2.03. The third-order valence-corrected chi connectivity index (χ3v) is 2.89. The van der Waals surface area contributed by atoms with E-state index in [9.17, 15) is 4.39 Å². The van der Waals surface area contributed by atoms with Crippen LogP contribution in [0, 0.1) is 12.7 Å². The molecule has 1 atom stereocenters. The average molecular weight is 193 g/mol. The van der Waals surface area contributed by atoms with E-state index >= 15 is 0 Å². The van der Waals surface area contributed by atoms with Crippen molar-refractivity contribution in [1.29, 1.82) is 0 Å². The molecule has 1 nitrogen and oxygen atoms in total. The first kappa shape index (κ1) is 9.66. The number of rotatable bonds is 1. The summed E-state index contributed by atoms with van der Waals surface area (Å²) < 4.78 is 13.5. The van der Waals surface area contributed by atoms with Gasteiger partial charge in [0.1, 0.15) is 5.82 Å². The molecule has 0 aliphatic carbocycles. The van der Waals surface area contributed by atoms with Crippen LogP contribution in [0.25, 0.3) is 0 Å². The third-order valence-electron chi connectivity index (χ3n) is 2.89. The molecule has 1 heterocycles. The average Bonchev–Trinajstić information content (AvgIpc) is 2.23. The van der Waals surface area contributed by atoms with Gasteiger partial charge in [0.25, 0.3) is 0 Å². The molecule has 0 unspecified atom stereocenters. The van der Waals surface area contributed by atoms with Crippen LogP contribution in [0.2, 0.25) is 0 Å². The van der Waals surface area contributed by atoms with E-state index in [1.807, 2.05) is 19.1 Å². The predicted octanol–water partition coefficient (Wildman–Crippen LogP) is 2.60. The van der Waals surface area contributed by atoms with Crippen LogP contribution in [-0.2, 0) is 0 Å². The molecule has 0 aromatic heterocycles. The lowest BCUT2D eigenvalue weighted by Crippen LogP contribution is -2.28. The Morgan fingerprint density at radius 1 is 1.43 bits per heavy atom. The number of halogens is 1. The normalized spacial score (nSPS) is 22.3. The number of piperidine rings is 1. The topological polar surface area (TPSA) is 12.0 Å². The van der Waals surface area contributed by atoms with Gasteiger partial charge < -0.3 is 5.32 Å². The smallest absolute Gasteiger partial charge is 0.126 e. The van der Waals surface area contributed by atoms with Crippen LogP contribution in [0.3, 0.4) is 0 Å². The van der Waals surface area contributed by atoms with Crippen molar-refractivity contribution in [3.8, 4) is 0 Å². The van der Waals surface area contributed by atoms with Gasteiger partial charge in [-0.1, -0.05) is 17.7 Å². The van der Waals surface area contributed by atoms with Crippen molar-refractivity contribution in [2.75, 3.05) is 13.1 Å². The number of aryl methyl sites for hydroxylation is 1. The third kappa shape index (κ3) is 1.95. The molecule has 1 aromatic rings. The SMILES string of the molecule is Cc1ccc(F)c([C@H]2CCCNC2)c1. The van der Waals surface area contributed by atoms with Gasteiger partial charge in [-0.3, -0.25) is 0 Å². The van der Waals surface area contributed by atoms with Gasteiger partial charge in [-0.05, 0) is 43.9 Å². The van der Waals surface area contributed by atoms with E-state index in [-0.39, 0.29) is 5.82 Å². The zero-order valence-corrected chi connectivity index (χ0v) is 8.52. The lowest BCUT2D eigenvalue weighted by atomic mass is 9.90. The zero-order chi connectivity index (χ0) is 9.97. The summed E-state index contributed by atoms with van der Waals surface area (Å²) in [6.07, 6.45) is 2.26. The standard InChI is InChI=1S/C12H16FN/c1-9-4-5-12(13)11(7-9)10-3-2-6-14-8-10/h4-5,7,10,14H,2-3,6,8H2,1H3/t10-/m0/s1. The molecule has 0 radical (unpaired) electrons. The number of nitrogens with one attached hydrogen (secondary N) is 1. The van der Waals surface area contributed by atoms with E-state index in [1.54, 1.807) is 6.07 Å². The molecule has 1 fully saturated rings. The van der Waals surface area contributed by atoms with Gasteiger partial charge in [-0.15, -0.1) is 0 Å². The summed E-state index contributed by atoms with van der Waals surface area (Å²) in [5, 5.41) is 3.31. The second-order valence-electron chi connectivity index (χ2n) is 4.07. The van der Waals surface area contributed by atoms with Crippen molar-refractivity contribution in [1.82, 2.24) is 5.32 Å². The Morgan fingerprint density at radius 3 is 3.00 bits per heavy atom. The maximum absolute atomic E-state index is 13.5. The molecule has 1 aliphatic rings. The van der Waals surface area contributed by atoms with Crippen LogP contribution >= 0.6 is 0 Å². The van der Waals surface area contributed by atoms with Crippen LogP contribution in [0.15, 0.2) is 18.2 Å². The minimum atomic E-state index is -0.0516. The lowest BCUT2D eigenvalue weighted by molar-refractivity contribution is 0.446. The highest BCUT2D eigenvalue weighted by Crippen LogP contribution is 2.26. The highest BCUT2D eigenvalue weighted by atomic mass is 19.1. The Morgan fingerprint density at radius 2 is 2.29 bits per heavy atom. The fourth-order valence-corrected chi connectivity index (χ4v) is 2.09. The monoisotopic (exact) mass is 193 g/mol. The fourth-order valence-electron chi connectivity index (χ4n) is 2.09. The van der Waals surface area contributed by atoms with Crippen LogP contribution in [-0.4, -0.2) is 13.1 Å². The van der Waals surface area contributed by atoms with Gasteiger partial charge in [-0.25, -0.2) is 4.39 Å². The maximum atomic E-state index is 13.5. The summed E-state index contributed by atoms with van der Waals surface area (Å²) >= 11 is 0. The van der Waals surface area contributed by atoms with Gasteiger partial charge >= 0.3 is 0 Å². The second kappa shape index (κ2) is 4.09. The second-order valence-corrected chi connectivity index (χ2v) is 4.07. The van der Waals surface area contributed by atoms with Crippen LogP contribution in [0.5, 0.6) is 0 Å². The highest BCUT2D eigenvalue weighted by Gasteiger charge is 2.18. The Hall–Kier alpha value is -0.890. The van der Waals surface area contributed by atoms with Gasteiger partial charge in [-0.2, -0.15) is 0 Å². The van der Waals surface area contributed by atoms with Gasteiger partial charge in [0.05, 0.1) is 0 Å². The summed E-state index contributed by atoms with van der Waals surface area (Å²) in [6, 6.07) is 5.39. The first-order chi connectivity index (χ1) is 6.77. The zero-order valence-electron chi connectivity index (χ0n) is 8.52. The molecule has 0 spiro atoms. The van der Waals surface area contributed by atoms with Crippen LogP contribution in [0.4, 0.5) is 4.39 Å². The molecule has 0 saturated carbocycles. The van der Waals surface area contributed by atoms with Crippen LogP contribution in [0.1, 0.15) is 29.9 Å². The van der Waals surface area contributed by atoms with E-state index in [4.69, 9.17) is 0 Å².